The smallest absolute Gasteiger partial charge is 0.261 e. The van der Waals surface area contributed by atoms with E-state index in [1.54, 1.807) is 24.3 Å². The topological polar surface area (TPSA) is 115 Å². The standard InChI is InChI=1S/C14H15N3O3S/c15-11-3-7-13(8-4-11)21(19,20)17-12-5-1-10(2-6-12)9-14(16)18/h1-8,17H,9,15H2,(H2,16,18). The van der Waals surface area contributed by atoms with E-state index in [4.69, 9.17) is 11.5 Å². The van der Waals surface area contributed by atoms with E-state index in [0.717, 1.165) is 5.56 Å². The van der Waals surface area contributed by atoms with Gasteiger partial charge in [-0.05, 0) is 42.0 Å². The van der Waals surface area contributed by atoms with Crippen LogP contribution < -0.4 is 16.2 Å². The molecule has 0 unspecified atom stereocenters. The van der Waals surface area contributed by atoms with Crippen LogP contribution in [0, 0.1) is 0 Å². The van der Waals surface area contributed by atoms with E-state index in [9.17, 15) is 13.2 Å². The van der Waals surface area contributed by atoms with Crippen LogP contribution in [0.15, 0.2) is 53.4 Å². The summed E-state index contributed by atoms with van der Waals surface area (Å²) in [6.45, 7) is 0. The fourth-order valence-corrected chi connectivity index (χ4v) is 2.81. The van der Waals surface area contributed by atoms with E-state index in [0.29, 0.717) is 11.4 Å². The fourth-order valence-electron chi connectivity index (χ4n) is 1.75. The van der Waals surface area contributed by atoms with Gasteiger partial charge in [0.25, 0.3) is 10.0 Å². The molecule has 0 saturated heterocycles. The molecule has 1 amide bonds. The highest BCUT2D eigenvalue weighted by Crippen LogP contribution is 2.17. The van der Waals surface area contributed by atoms with Gasteiger partial charge in [0.05, 0.1) is 11.3 Å². The Kier molecular flexibility index (Phi) is 4.13. The number of carbonyl (C=O) groups is 1. The monoisotopic (exact) mass is 305 g/mol. The predicted molar refractivity (Wildman–Crippen MR) is 81.0 cm³/mol. The fraction of sp³-hybridized carbons (Fsp3) is 0.0714. The molecule has 0 bridgehead atoms. The van der Waals surface area contributed by atoms with E-state index < -0.39 is 15.9 Å². The second kappa shape index (κ2) is 5.84. The summed E-state index contributed by atoms with van der Waals surface area (Å²) in [6, 6.07) is 12.3. The average molecular weight is 305 g/mol. The minimum atomic E-state index is -3.66. The van der Waals surface area contributed by atoms with Gasteiger partial charge in [-0.2, -0.15) is 0 Å². The highest BCUT2D eigenvalue weighted by atomic mass is 32.2. The van der Waals surface area contributed by atoms with Crippen molar-refractivity contribution >= 4 is 27.3 Å². The van der Waals surface area contributed by atoms with Crippen molar-refractivity contribution in [2.75, 3.05) is 10.5 Å². The minimum absolute atomic E-state index is 0.116. The Morgan fingerprint density at radius 2 is 1.57 bits per heavy atom. The number of carbonyl (C=O) groups excluding carboxylic acids is 1. The zero-order chi connectivity index (χ0) is 15.5. The summed E-state index contributed by atoms with van der Waals surface area (Å²) in [5.41, 5.74) is 12.2. The molecular formula is C14H15N3O3S. The largest absolute Gasteiger partial charge is 0.399 e. The number of benzene rings is 2. The molecule has 0 aromatic heterocycles. The normalized spacial score (nSPS) is 11.0. The average Bonchev–Trinajstić information content (AvgIpc) is 2.40. The van der Waals surface area contributed by atoms with Crippen molar-refractivity contribution in [3.05, 3.63) is 54.1 Å². The van der Waals surface area contributed by atoms with Crippen molar-refractivity contribution < 1.29 is 13.2 Å². The van der Waals surface area contributed by atoms with Crippen LogP contribution in [0.25, 0.3) is 0 Å². The van der Waals surface area contributed by atoms with Crippen LogP contribution in [0.3, 0.4) is 0 Å². The number of hydrogen-bond acceptors (Lipinski definition) is 4. The van der Waals surface area contributed by atoms with Gasteiger partial charge in [0.15, 0.2) is 0 Å². The summed E-state index contributed by atoms with van der Waals surface area (Å²) >= 11 is 0. The Hall–Kier alpha value is -2.54. The molecule has 0 atom stereocenters. The van der Waals surface area contributed by atoms with Gasteiger partial charge in [-0.1, -0.05) is 12.1 Å². The van der Waals surface area contributed by atoms with Gasteiger partial charge in [-0.25, -0.2) is 8.42 Å². The lowest BCUT2D eigenvalue weighted by Crippen LogP contribution is -2.14. The highest BCUT2D eigenvalue weighted by Gasteiger charge is 2.13. The molecule has 7 heteroatoms. The molecular weight excluding hydrogens is 290 g/mol. The summed E-state index contributed by atoms with van der Waals surface area (Å²) < 4.78 is 26.7. The molecule has 6 nitrogen and oxygen atoms in total. The molecule has 5 N–H and O–H groups in total. The first kappa shape index (κ1) is 14.9. The molecule has 0 spiro atoms. The zero-order valence-corrected chi connectivity index (χ0v) is 11.9. The maximum absolute atomic E-state index is 12.1. The Labute approximate surface area is 122 Å². The van der Waals surface area contributed by atoms with Gasteiger partial charge < -0.3 is 11.5 Å². The molecule has 0 radical (unpaired) electrons. The maximum atomic E-state index is 12.1. The second-order valence-electron chi connectivity index (χ2n) is 4.51. The lowest BCUT2D eigenvalue weighted by Gasteiger charge is -2.09. The Balaban J connectivity index is 2.16. The minimum Gasteiger partial charge on any atom is -0.399 e. The molecule has 0 aliphatic rings. The third kappa shape index (κ3) is 3.96. The van der Waals surface area contributed by atoms with Crippen molar-refractivity contribution in [1.29, 1.82) is 0 Å². The van der Waals surface area contributed by atoms with Gasteiger partial charge in [0.1, 0.15) is 0 Å². The highest BCUT2D eigenvalue weighted by molar-refractivity contribution is 7.92. The molecule has 110 valence electrons. The first-order chi connectivity index (χ1) is 9.87. The SMILES string of the molecule is NC(=O)Cc1ccc(NS(=O)(=O)c2ccc(N)cc2)cc1. The molecule has 21 heavy (non-hydrogen) atoms. The number of amides is 1. The van der Waals surface area contributed by atoms with Crippen molar-refractivity contribution in [1.82, 2.24) is 0 Å². The maximum Gasteiger partial charge on any atom is 0.261 e. The second-order valence-corrected chi connectivity index (χ2v) is 6.20. The number of nitrogen functional groups attached to an aromatic ring is 1. The van der Waals surface area contributed by atoms with Crippen LogP contribution in [0.2, 0.25) is 0 Å². The van der Waals surface area contributed by atoms with Gasteiger partial charge in [0, 0.05) is 11.4 Å². The Morgan fingerprint density at radius 1 is 1.00 bits per heavy atom. The van der Waals surface area contributed by atoms with Crippen molar-refractivity contribution in [3.8, 4) is 0 Å². The van der Waals surface area contributed by atoms with Crippen LogP contribution in [0.4, 0.5) is 11.4 Å². The van der Waals surface area contributed by atoms with Crippen LogP contribution in [0.5, 0.6) is 0 Å². The number of anilines is 2. The summed E-state index contributed by atoms with van der Waals surface area (Å²) in [7, 11) is -3.66. The summed E-state index contributed by atoms with van der Waals surface area (Å²) in [5, 5.41) is 0. The third-order valence-corrected chi connectivity index (χ3v) is 4.17. The summed E-state index contributed by atoms with van der Waals surface area (Å²) in [6.07, 6.45) is 0.116. The summed E-state index contributed by atoms with van der Waals surface area (Å²) in [4.78, 5) is 10.9. The Bertz CT molecular complexity index is 738. The molecule has 2 aromatic rings. The van der Waals surface area contributed by atoms with Crippen LogP contribution in [-0.2, 0) is 21.2 Å². The zero-order valence-electron chi connectivity index (χ0n) is 11.1. The van der Waals surface area contributed by atoms with Gasteiger partial charge >= 0.3 is 0 Å². The van der Waals surface area contributed by atoms with Crippen molar-refractivity contribution in [2.24, 2.45) is 5.73 Å². The van der Waals surface area contributed by atoms with Crippen LogP contribution in [-0.4, -0.2) is 14.3 Å². The molecule has 0 aliphatic heterocycles. The quantitative estimate of drug-likeness (QED) is 0.717. The number of primary amides is 1. The van der Waals surface area contributed by atoms with Gasteiger partial charge in [0.2, 0.25) is 5.91 Å². The molecule has 2 aromatic carbocycles. The molecule has 0 saturated carbocycles. The van der Waals surface area contributed by atoms with Gasteiger partial charge in [-0.15, -0.1) is 0 Å². The van der Waals surface area contributed by atoms with E-state index in [-0.39, 0.29) is 11.3 Å². The van der Waals surface area contributed by atoms with E-state index >= 15 is 0 Å². The van der Waals surface area contributed by atoms with E-state index in [2.05, 4.69) is 4.72 Å². The van der Waals surface area contributed by atoms with E-state index in [1.807, 2.05) is 0 Å². The van der Waals surface area contributed by atoms with Crippen LogP contribution >= 0.6 is 0 Å². The predicted octanol–water partition coefficient (Wildman–Crippen LogP) is 1.10. The first-order valence-electron chi connectivity index (χ1n) is 6.12. The third-order valence-electron chi connectivity index (χ3n) is 2.77. The number of nitrogens with two attached hydrogens (primary N) is 2. The first-order valence-corrected chi connectivity index (χ1v) is 7.61. The lowest BCUT2D eigenvalue weighted by atomic mass is 10.1. The number of nitrogens with one attached hydrogen (secondary N) is 1. The molecule has 0 aliphatic carbocycles. The van der Waals surface area contributed by atoms with E-state index in [1.165, 1.54) is 24.3 Å². The molecule has 0 heterocycles. The number of hydrogen-bond donors (Lipinski definition) is 3. The molecule has 0 fully saturated rings. The number of sulfonamides is 1. The van der Waals surface area contributed by atoms with Crippen LogP contribution in [0.1, 0.15) is 5.56 Å². The summed E-state index contributed by atoms with van der Waals surface area (Å²) in [5.74, 6) is -0.440. The Morgan fingerprint density at radius 3 is 2.10 bits per heavy atom. The van der Waals surface area contributed by atoms with Gasteiger partial charge in [-0.3, -0.25) is 9.52 Å². The van der Waals surface area contributed by atoms with Crippen molar-refractivity contribution in [3.63, 3.8) is 0 Å². The van der Waals surface area contributed by atoms with Crippen molar-refractivity contribution in [2.45, 2.75) is 11.3 Å². The number of rotatable bonds is 5. The molecule has 2 rings (SSSR count). The lowest BCUT2D eigenvalue weighted by molar-refractivity contribution is -0.117.